The molecule has 2 aliphatic rings. The minimum atomic E-state index is -1.93. The van der Waals surface area contributed by atoms with Crippen LogP contribution in [0.15, 0.2) is 69.6 Å². The van der Waals surface area contributed by atoms with Crippen LogP contribution in [0.5, 0.6) is 5.75 Å². The molecule has 4 rings (SSSR count). The summed E-state index contributed by atoms with van der Waals surface area (Å²) in [6.45, 7) is 1.63. The van der Waals surface area contributed by atoms with Crippen LogP contribution in [0.25, 0.3) is 0 Å². The molecule has 0 radical (unpaired) electrons. The first-order valence-electron chi connectivity index (χ1n) is 34.2. The molecule has 0 spiro atoms. The zero-order valence-corrected chi connectivity index (χ0v) is 59.6. The van der Waals surface area contributed by atoms with Gasteiger partial charge in [-0.05, 0) is 106 Å². The molecule has 2 aromatic rings. The van der Waals surface area contributed by atoms with Gasteiger partial charge in [0.25, 0.3) is 0 Å². The third kappa shape index (κ3) is 32.4. The topological polar surface area (TPSA) is 660 Å². The quantitative estimate of drug-likeness (QED) is 0.0264. The highest BCUT2D eigenvalue weighted by Gasteiger charge is 2.41. The smallest absolute Gasteiger partial charge is 0.305 e. The lowest BCUT2D eigenvalue weighted by atomic mass is 10.00. The number of thioether (sulfide) groups is 1. The molecule has 40 heteroatoms. The Kier molecular flexibility index (Phi) is 37.1. The Balaban J connectivity index is 1.85. The van der Waals surface area contributed by atoms with Gasteiger partial charge in [0, 0.05) is 44.8 Å². The molecule has 578 valence electrons. The maximum atomic E-state index is 15.0. The minimum Gasteiger partial charge on any atom is -0.508 e. The van der Waals surface area contributed by atoms with Gasteiger partial charge in [-0.2, -0.15) is 0 Å². The number of carbonyl (C=O) groups excluding carboxylic acids is 13. The second-order valence-electron chi connectivity index (χ2n) is 25.3. The number of hydrogen-bond acceptors (Lipinski definition) is 20. The van der Waals surface area contributed by atoms with Crippen molar-refractivity contribution in [2.75, 3.05) is 57.3 Å². The van der Waals surface area contributed by atoms with Crippen molar-refractivity contribution in [2.45, 2.75) is 164 Å². The molecule has 13 amide bonds. The fraction of sp³-hybridized carbons (Fsp3) is 0.554. The molecule has 10 atom stereocenters. The number of primary amides is 1. The van der Waals surface area contributed by atoms with Crippen LogP contribution in [-0.2, 0) is 80.0 Å². The number of aliphatic carboxylic acids is 1. The first kappa shape index (κ1) is 86.3. The number of carbonyl (C=O) groups is 14. The molecule has 0 saturated carbocycles. The largest absolute Gasteiger partial charge is 0.508 e. The Bertz CT molecular complexity index is 3410. The van der Waals surface area contributed by atoms with Gasteiger partial charge >= 0.3 is 5.97 Å². The normalized spacial score (nSPS) is 23.1. The van der Waals surface area contributed by atoms with E-state index in [0.717, 1.165) is 11.8 Å². The van der Waals surface area contributed by atoms with E-state index in [2.05, 4.69) is 73.5 Å². The standard InChI is InChI=1S/C65H101N23O16S/c1-35(2)27-43-57(99)82-41(15-9-24-75-64(70)71)56(98)86-45(28-36-11-4-3-5-12-36)59(101)84-42(21-25-76-65(72)73)62(104)88-26-10-16-48(88)61(103)83-40(13-6-7-22-66)55(97)87-46(30-52(93)94)60(102)81-39(14-8-23-74-63(68)69)54(96)78-31-49(90)77-32-50(91)80-47(53(67)95)33-105-34-51(92)79-44(58(100)85-43)29-37-17-19-38(89)20-18-37/h3-5,11-12,17-20,35,39-48,89H,6-10,13-16,21-34,66H2,1-2H3,(H2,67,95)(H,77,90)(H,78,96)(H,79,92)(H,80,91)(H,81,102)(H,82,99)(H,83,103)(H,84,101)(H,85,100)(H,86,98)(H,87,97)(H,93,94)(H4,68,69,74)(H4,70,71,75)(H4,72,73,76)/t39-,40-,41-,42-,43-,44-,45-,46-,47-,48-/m0/s1. The monoisotopic (exact) mass is 1490 g/mol. The zero-order valence-electron chi connectivity index (χ0n) is 58.7. The number of amides is 13. The van der Waals surface area contributed by atoms with Crippen molar-refractivity contribution < 1.29 is 77.3 Å². The summed E-state index contributed by atoms with van der Waals surface area (Å²) in [5.41, 5.74) is 46.0. The second-order valence-corrected chi connectivity index (χ2v) is 26.4. The molecule has 2 aromatic carbocycles. The second kappa shape index (κ2) is 45.1. The van der Waals surface area contributed by atoms with Gasteiger partial charge in [-0.15, -0.1) is 11.8 Å². The van der Waals surface area contributed by atoms with Crippen LogP contribution in [0.3, 0.4) is 0 Å². The summed E-state index contributed by atoms with van der Waals surface area (Å²) >= 11 is 0.808. The fourth-order valence-corrected chi connectivity index (χ4v) is 11.9. The van der Waals surface area contributed by atoms with E-state index >= 15 is 4.79 Å². The molecule has 0 aliphatic carbocycles. The molecule has 0 unspecified atom stereocenters. The van der Waals surface area contributed by atoms with Crippen LogP contribution >= 0.6 is 11.8 Å². The molecular formula is C65H101N23O16S. The van der Waals surface area contributed by atoms with Gasteiger partial charge in [-0.1, -0.05) is 56.3 Å². The Morgan fingerprint density at radius 3 is 1.55 bits per heavy atom. The molecule has 2 saturated heterocycles. The molecule has 0 bridgehead atoms. The lowest BCUT2D eigenvalue weighted by molar-refractivity contribution is -0.143. The van der Waals surface area contributed by atoms with Crippen molar-refractivity contribution >= 4 is 112 Å². The third-order valence-corrected chi connectivity index (χ3v) is 17.3. The van der Waals surface area contributed by atoms with Crippen molar-refractivity contribution in [3.8, 4) is 5.75 Å². The zero-order chi connectivity index (χ0) is 77.7. The first-order chi connectivity index (χ1) is 49.8. The van der Waals surface area contributed by atoms with Gasteiger partial charge in [-0.25, -0.2) is 0 Å². The molecular weight excluding hydrogens is 1390 g/mol. The number of hydrogen-bond donors (Lipinski definition) is 21. The van der Waals surface area contributed by atoms with E-state index in [1.807, 2.05) is 0 Å². The number of nitrogens with zero attached hydrogens (tertiary/aromatic N) is 4. The molecule has 39 nitrogen and oxygen atoms in total. The fourth-order valence-electron chi connectivity index (χ4n) is 11.0. The molecule has 29 N–H and O–H groups in total. The molecule has 2 fully saturated rings. The number of fused-ring (bicyclic) bond motifs is 1. The minimum absolute atomic E-state index is 0.0123. The van der Waals surface area contributed by atoms with Crippen LogP contribution in [0, 0.1) is 5.92 Å². The number of aromatic hydroxyl groups is 1. The molecule has 2 aliphatic heterocycles. The van der Waals surface area contributed by atoms with E-state index in [1.165, 1.54) is 29.2 Å². The van der Waals surface area contributed by atoms with Gasteiger partial charge in [0.15, 0.2) is 17.9 Å². The van der Waals surface area contributed by atoms with E-state index in [1.54, 1.807) is 44.2 Å². The number of guanidine groups is 3. The highest BCUT2D eigenvalue weighted by molar-refractivity contribution is 8.00. The average molecular weight is 1490 g/mol. The summed E-state index contributed by atoms with van der Waals surface area (Å²) in [5, 5.41) is 47.9. The van der Waals surface area contributed by atoms with Crippen molar-refractivity contribution in [2.24, 2.45) is 66.8 Å². The number of phenolic OH excluding ortho intramolecular Hbond substituents is 1. The third-order valence-electron chi connectivity index (χ3n) is 16.3. The van der Waals surface area contributed by atoms with Crippen LogP contribution in [0.1, 0.15) is 102 Å². The van der Waals surface area contributed by atoms with Crippen molar-refractivity contribution in [3.05, 3.63) is 65.7 Å². The van der Waals surface area contributed by atoms with Crippen molar-refractivity contribution in [1.29, 1.82) is 0 Å². The summed E-state index contributed by atoms with van der Waals surface area (Å²) in [7, 11) is 0. The lowest BCUT2D eigenvalue weighted by Gasteiger charge is -2.31. The van der Waals surface area contributed by atoms with Gasteiger partial charge in [0.1, 0.15) is 66.2 Å². The van der Waals surface area contributed by atoms with Gasteiger partial charge in [0.05, 0.1) is 25.3 Å². The van der Waals surface area contributed by atoms with Crippen LogP contribution in [0.4, 0.5) is 0 Å². The van der Waals surface area contributed by atoms with Crippen molar-refractivity contribution in [3.63, 3.8) is 0 Å². The van der Waals surface area contributed by atoms with E-state index in [9.17, 15) is 72.5 Å². The highest BCUT2D eigenvalue weighted by atomic mass is 32.2. The SMILES string of the molecule is CC(C)C[C@@H]1NC(=O)[C@H](Cc2ccc(O)cc2)NC(=O)CSC[C@@H](C(N)=O)NC(=O)CNC(=O)CNC(=O)[C@H](CCCN=C(N)N)NC(=O)[C@H](CC(=O)O)NC(=O)[C@H](CCCCN)NC(=O)[C@@H]2CCCN2C(=O)[C@H](CCN=C(N)N)NC(=O)[C@H](Cc2ccccc2)NC(=O)[C@H](CCCN=C(N)N)NC1=O. The lowest BCUT2D eigenvalue weighted by Crippen LogP contribution is -2.61. The van der Waals surface area contributed by atoms with Crippen LogP contribution in [0.2, 0.25) is 0 Å². The van der Waals surface area contributed by atoms with Gasteiger partial charge in [-0.3, -0.25) is 82.1 Å². The average Bonchev–Trinajstić information content (AvgIpc) is 1.75. The van der Waals surface area contributed by atoms with Crippen molar-refractivity contribution in [1.82, 2.24) is 63.4 Å². The van der Waals surface area contributed by atoms with E-state index in [-0.39, 0.29) is 145 Å². The number of nitrogens with two attached hydrogens (primary N) is 8. The Morgan fingerprint density at radius 1 is 0.514 bits per heavy atom. The highest BCUT2D eigenvalue weighted by Crippen LogP contribution is 2.22. The number of nitrogens with one attached hydrogen (secondary N) is 11. The number of phenols is 1. The number of rotatable bonds is 24. The maximum absolute atomic E-state index is 15.0. The Labute approximate surface area is 610 Å². The van der Waals surface area contributed by atoms with E-state index in [0.29, 0.717) is 17.5 Å². The van der Waals surface area contributed by atoms with E-state index < -0.39 is 168 Å². The number of carboxylic acids is 1. The Hall–Kier alpha value is -11.1. The molecule has 0 aromatic heterocycles. The number of aliphatic imine (C=N–C) groups is 3. The predicted octanol–water partition coefficient (Wildman–Crippen LogP) is -7.58. The summed E-state index contributed by atoms with van der Waals surface area (Å²) in [6.07, 6.45) is -1.48. The summed E-state index contributed by atoms with van der Waals surface area (Å²) < 4.78 is 0. The summed E-state index contributed by atoms with van der Waals surface area (Å²) in [6, 6.07) is -1.07. The van der Waals surface area contributed by atoms with E-state index in [4.69, 9.17) is 45.9 Å². The van der Waals surface area contributed by atoms with Crippen LogP contribution in [-0.4, -0.2) is 233 Å². The number of unbranched alkanes of at least 4 members (excludes halogenated alkanes) is 1. The predicted molar refractivity (Wildman–Crippen MR) is 386 cm³/mol. The van der Waals surface area contributed by atoms with Crippen LogP contribution < -0.4 is 104 Å². The summed E-state index contributed by atoms with van der Waals surface area (Å²) in [4.78, 5) is 209. The summed E-state index contributed by atoms with van der Waals surface area (Å²) in [5.74, 6) is -16.0. The molecule has 105 heavy (non-hydrogen) atoms. The van der Waals surface area contributed by atoms with Gasteiger partial charge in [0.2, 0.25) is 76.8 Å². The first-order valence-corrected chi connectivity index (χ1v) is 35.3. The maximum Gasteiger partial charge on any atom is 0.305 e. The number of carboxylic acid groups (broad SMARTS) is 1. The molecule has 2 heterocycles. The van der Waals surface area contributed by atoms with Gasteiger partial charge < -0.3 is 119 Å². The number of benzene rings is 2. The Morgan fingerprint density at radius 2 is 0.990 bits per heavy atom.